The summed E-state index contributed by atoms with van der Waals surface area (Å²) in [6, 6.07) is 12.4. The van der Waals surface area contributed by atoms with Crippen molar-refractivity contribution in [2.45, 2.75) is 46.1 Å². The number of aliphatic hydroxyl groups is 1. The number of hydrogen-bond donors (Lipinski definition) is 1. The van der Waals surface area contributed by atoms with Gasteiger partial charge in [-0.05, 0) is 47.8 Å². The molecule has 1 saturated heterocycles. The van der Waals surface area contributed by atoms with E-state index >= 15 is 0 Å². The summed E-state index contributed by atoms with van der Waals surface area (Å²) >= 11 is 0. The second-order valence-corrected chi connectivity index (χ2v) is 10.2. The number of nitrogens with zero attached hydrogens (tertiary/aromatic N) is 2. The van der Waals surface area contributed by atoms with E-state index in [0.29, 0.717) is 43.4 Å². The predicted molar refractivity (Wildman–Crippen MR) is 139 cm³/mol. The first-order chi connectivity index (χ1) is 17.2. The second-order valence-electron chi connectivity index (χ2n) is 10.2. The van der Waals surface area contributed by atoms with Gasteiger partial charge < -0.3 is 24.4 Å². The summed E-state index contributed by atoms with van der Waals surface area (Å²) in [5.41, 5.74) is 2.42. The standard InChI is InChI=1S/C29H36N2O5/c1-6-30(7-2)14-15-31-25(19-8-11-21(12-9-19)29(3,4)5)24(27(33)28(31)34)26(32)20-10-13-22-23(18-20)36-17-16-35-22/h8-13,18,25,32H,6-7,14-17H2,1-5H3/t25-/m0/s1. The number of ketones is 1. The number of ether oxygens (including phenoxy) is 2. The number of likely N-dealkylation sites (N-methyl/N-ethyl adjacent to an activating group) is 1. The molecule has 0 saturated carbocycles. The molecular weight excluding hydrogens is 456 g/mol. The average Bonchev–Trinajstić information content (AvgIpc) is 3.13. The second kappa shape index (κ2) is 10.3. The molecule has 192 valence electrons. The number of likely N-dealkylation sites (tertiary alicyclic amines) is 1. The van der Waals surface area contributed by atoms with Crippen molar-refractivity contribution in [3.8, 4) is 11.5 Å². The Labute approximate surface area is 213 Å². The molecule has 1 amide bonds. The molecule has 2 aliphatic heterocycles. The predicted octanol–water partition coefficient (Wildman–Crippen LogP) is 4.52. The van der Waals surface area contributed by atoms with Crippen molar-refractivity contribution in [2.24, 2.45) is 0 Å². The highest BCUT2D eigenvalue weighted by atomic mass is 16.6. The minimum Gasteiger partial charge on any atom is -0.507 e. The van der Waals surface area contributed by atoms with Crippen molar-refractivity contribution in [2.75, 3.05) is 39.4 Å². The van der Waals surface area contributed by atoms with E-state index in [9.17, 15) is 14.7 Å². The Morgan fingerprint density at radius 2 is 1.64 bits per heavy atom. The molecule has 36 heavy (non-hydrogen) atoms. The summed E-state index contributed by atoms with van der Waals surface area (Å²) in [6.07, 6.45) is 0. The van der Waals surface area contributed by atoms with Gasteiger partial charge in [0.15, 0.2) is 11.5 Å². The Hall–Kier alpha value is -3.32. The minimum absolute atomic E-state index is 0.0334. The van der Waals surface area contributed by atoms with Crippen molar-refractivity contribution in [1.82, 2.24) is 9.80 Å². The zero-order chi connectivity index (χ0) is 26.0. The van der Waals surface area contributed by atoms with Gasteiger partial charge in [-0.1, -0.05) is 58.9 Å². The molecule has 2 aliphatic rings. The van der Waals surface area contributed by atoms with Crippen LogP contribution in [0.1, 0.15) is 57.4 Å². The van der Waals surface area contributed by atoms with Gasteiger partial charge in [0.25, 0.3) is 11.7 Å². The van der Waals surface area contributed by atoms with Crippen LogP contribution in [0.25, 0.3) is 5.76 Å². The van der Waals surface area contributed by atoms with Gasteiger partial charge in [-0.3, -0.25) is 9.59 Å². The summed E-state index contributed by atoms with van der Waals surface area (Å²) in [4.78, 5) is 30.4. The molecule has 4 rings (SSSR count). The molecule has 0 unspecified atom stereocenters. The number of fused-ring (bicyclic) bond motifs is 1. The molecule has 0 radical (unpaired) electrons. The molecule has 1 atom stereocenters. The van der Waals surface area contributed by atoms with Gasteiger partial charge in [0, 0.05) is 18.7 Å². The highest BCUT2D eigenvalue weighted by Crippen LogP contribution is 2.41. The lowest BCUT2D eigenvalue weighted by molar-refractivity contribution is -0.140. The van der Waals surface area contributed by atoms with E-state index in [1.165, 1.54) is 0 Å². The van der Waals surface area contributed by atoms with Crippen LogP contribution >= 0.6 is 0 Å². The minimum atomic E-state index is -0.678. The number of amides is 1. The van der Waals surface area contributed by atoms with E-state index in [1.54, 1.807) is 23.1 Å². The van der Waals surface area contributed by atoms with E-state index in [0.717, 1.165) is 24.2 Å². The first kappa shape index (κ1) is 25.8. The summed E-state index contributed by atoms with van der Waals surface area (Å²) < 4.78 is 11.3. The van der Waals surface area contributed by atoms with Crippen LogP contribution in [0.4, 0.5) is 0 Å². The number of aliphatic hydroxyl groups excluding tert-OH is 1. The summed E-state index contributed by atoms with van der Waals surface area (Å²) in [5.74, 6) is -0.377. The molecule has 1 fully saturated rings. The van der Waals surface area contributed by atoms with Crippen LogP contribution in [0.2, 0.25) is 0 Å². The lowest BCUT2D eigenvalue weighted by Crippen LogP contribution is -2.38. The SMILES string of the molecule is CCN(CC)CCN1C(=O)C(=O)C(=C(O)c2ccc3c(c2)OCCO3)[C@@H]1c1ccc(C(C)(C)C)cc1. The molecule has 2 heterocycles. The van der Waals surface area contributed by atoms with Gasteiger partial charge >= 0.3 is 0 Å². The number of hydrogen-bond acceptors (Lipinski definition) is 6. The quantitative estimate of drug-likeness (QED) is 0.348. The molecule has 0 aromatic heterocycles. The molecular formula is C29H36N2O5. The maximum Gasteiger partial charge on any atom is 0.295 e. The van der Waals surface area contributed by atoms with E-state index in [1.807, 2.05) is 24.3 Å². The van der Waals surface area contributed by atoms with Crippen LogP contribution in [-0.4, -0.2) is 66.0 Å². The van der Waals surface area contributed by atoms with E-state index in [2.05, 4.69) is 39.5 Å². The fourth-order valence-corrected chi connectivity index (χ4v) is 4.76. The lowest BCUT2D eigenvalue weighted by Gasteiger charge is -2.29. The van der Waals surface area contributed by atoms with E-state index in [-0.39, 0.29) is 16.7 Å². The Morgan fingerprint density at radius 3 is 2.25 bits per heavy atom. The number of rotatable bonds is 7. The lowest BCUT2D eigenvalue weighted by atomic mass is 9.85. The molecule has 0 bridgehead atoms. The zero-order valence-electron chi connectivity index (χ0n) is 21.8. The third kappa shape index (κ3) is 4.98. The molecule has 2 aromatic carbocycles. The topological polar surface area (TPSA) is 79.3 Å². The average molecular weight is 493 g/mol. The third-order valence-corrected chi connectivity index (χ3v) is 7.00. The Bertz CT molecular complexity index is 1160. The van der Waals surface area contributed by atoms with E-state index < -0.39 is 17.7 Å². The van der Waals surface area contributed by atoms with Crippen molar-refractivity contribution in [1.29, 1.82) is 0 Å². The largest absolute Gasteiger partial charge is 0.507 e. The highest BCUT2D eigenvalue weighted by Gasteiger charge is 2.46. The third-order valence-electron chi connectivity index (χ3n) is 7.00. The molecule has 2 aromatic rings. The number of Topliss-reactive ketones (excluding diaryl/α,β-unsaturated/α-hetero) is 1. The van der Waals surface area contributed by atoms with Crippen LogP contribution in [0.15, 0.2) is 48.0 Å². The van der Waals surface area contributed by atoms with Crippen molar-refractivity contribution >= 4 is 17.4 Å². The summed E-state index contributed by atoms with van der Waals surface area (Å²) in [5, 5.41) is 11.4. The maximum atomic E-state index is 13.3. The first-order valence-electron chi connectivity index (χ1n) is 12.7. The molecule has 1 N–H and O–H groups in total. The first-order valence-corrected chi connectivity index (χ1v) is 12.7. The molecule has 7 heteroatoms. The van der Waals surface area contributed by atoms with E-state index in [4.69, 9.17) is 9.47 Å². The highest BCUT2D eigenvalue weighted by molar-refractivity contribution is 6.46. The fraction of sp³-hybridized carbons (Fsp3) is 0.448. The Kier molecular flexibility index (Phi) is 7.41. The number of carbonyl (C=O) groups excluding carboxylic acids is 2. The van der Waals surface area contributed by atoms with Crippen molar-refractivity contribution in [3.63, 3.8) is 0 Å². The normalized spacial score (nSPS) is 19.3. The van der Waals surface area contributed by atoms with Crippen LogP contribution in [0, 0.1) is 0 Å². The van der Waals surface area contributed by atoms with Gasteiger partial charge in [0.2, 0.25) is 0 Å². The van der Waals surface area contributed by atoms with Crippen LogP contribution in [0.3, 0.4) is 0 Å². The van der Waals surface area contributed by atoms with Gasteiger partial charge in [0.05, 0.1) is 11.6 Å². The summed E-state index contributed by atoms with van der Waals surface area (Å²) in [7, 11) is 0. The zero-order valence-corrected chi connectivity index (χ0v) is 21.8. The molecule has 0 aliphatic carbocycles. The van der Waals surface area contributed by atoms with Gasteiger partial charge in [-0.15, -0.1) is 0 Å². The number of carbonyl (C=O) groups is 2. The number of benzene rings is 2. The van der Waals surface area contributed by atoms with Crippen molar-refractivity contribution in [3.05, 3.63) is 64.7 Å². The maximum absolute atomic E-state index is 13.3. The van der Waals surface area contributed by atoms with Crippen LogP contribution in [0.5, 0.6) is 11.5 Å². The van der Waals surface area contributed by atoms with Crippen molar-refractivity contribution < 1.29 is 24.2 Å². The summed E-state index contributed by atoms with van der Waals surface area (Å²) in [6.45, 7) is 14.2. The molecule has 7 nitrogen and oxygen atoms in total. The Morgan fingerprint density at radius 1 is 1.00 bits per heavy atom. The smallest absolute Gasteiger partial charge is 0.295 e. The van der Waals surface area contributed by atoms with Crippen LogP contribution < -0.4 is 9.47 Å². The monoisotopic (exact) mass is 492 g/mol. The molecule has 0 spiro atoms. The van der Waals surface area contributed by atoms with Gasteiger partial charge in [0.1, 0.15) is 19.0 Å². The fourth-order valence-electron chi connectivity index (χ4n) is 4.76. The van der Waals surface area contributed by atoms with Gasteiger partial charge in [-0.25, -0.2) is 0 Å². The van der Waals surface area contributed by atoms with Gasteiger partial charge in [-0.2, -0.15) is 0 Å². The van der Waals surface area contributed by atoms with Crippen LogP contribution in [-0.2, 0) is 15.0 Å². The Balaban J connectivity index is 1.79.